The van der Waals surface area contributed by atoms with E-state index in [9.17, 15) is 4.79 Å². The van der Waals surface area contributed by atoms with E-state index in [1.807, 2.05) is 32.0 Å². The third-order valence-electron chi connectivity index (χ3n) is 5.46. The molecule has 3 aromatic rings. The van der Waals surface area contributed by atoms with Gasteiger partial charge >= 0.3 is 0 Å². The number of pyridine rings is 1. The quantitative estimate of drug-likeness (QED) is 0.697. The summed E-state index contributed by atoms with van der Waals surface area (Å²) in [6.45, 7) is 7.43. The summed E-state index contributed by atoms with van der Waals surface area (Å²) in [5.41, 5.74) is 2.40. The maximum absolute atomic E-state index is 12.6. The zero-order valence-electron chi connectivity index (χ0n) is 17.7. The highest BCUT2D eigenvalue weighted by molar-refractivity contribution is 5.95. The van der Waals surface area contributed by atoms with Crippen molar-refractivity contribution in [2.75, 3.05) is 18.0 Å². The number of aromatic nitrogens is 3. The molecular weight excluding hydrogens is 378 g/mol. The summed E-state index contributed by atoms with van der Waals surface area (Å²) >= 11 is 0. The first-order chi connectivity index (χ1) is 14.5. The van der Waals surface area contributed by atoms with Crippen LogP contribution in [0.2, 0.25) is 0 Å². The average Bonchev–Trinajstić information content (AvgIpc) is 3.12. The van der Waals surface area contributed by atoms with E-state index in [4.69, 9.17) is 9.40 Å². The molecule has 7 heteroatoms. The molecule has 4 heterocycles. The molecule has 156 valence electrons. The van der Waals surface area contributed by atoms with Gasteiger partial charge in [-0.05, 0) is 51.3 Å². The van der Waals surface area contributed by atoms with Crippen molar-refractivity contribution in [1.29, 1.82) is 0 Å². The van der Waals surface area contributed by atoms with E-state index in [0.29, 0.717) is 17.1 Å². The third kappa shape index (κ3) is 4.35. The van der Waals surface area contributed by atoms with Crippen molar-refractivity contribution in [3.63, 3.8) is 0 Å². The van der Waals surface area contributed by atoms with Crippen molar-refractivity contribution < 1.29 is 9.21 Å². The minimum Gasteiger partial charge on any atom is -0.466 e. The van der Waals surface area contributed by atoms with Gasteiger partial charge in [0.15, 0.2) is 5.82 Å². The van der Waals surface area contributed by atoms with Gasteiger partial charge in [-0.1, -0.05) is 13.0 Å². The zero-order chi connectivity index (χ0) is 21.1. The molecule has 0 saturated carbocycles. The van der Waals surface area contributed by atoms with Crippen molar-refractivity contribution in [3.8, 4) is 11.5 Å². The lowest BCUT2D eigenvalue weighted by Gasteiger charge is -2.33. The summed E-state index contributed by atoms with van der Waals surface area (Å²) in [6.07, 6.45) is 4.33. The molecule has 1 saturated heterocycles. The van der Waals surface area contributed by atoms with Gasteiger partial charge in [-0.2, -0.15) is 0 Å². The number of nitrogens with zero attached hydrogens (tertiary/aromatic N) is 4. The Balaban J connectivity index is 1.44. The first kappa shape index (κ1) is 20.1. The molecule has 30 heavy (non-hydrogen) atoms. The van der Waals surface area contributed by atoms with Crippen LogP contribution >= 0.6 is 0 Å². The van der Waals surface area contributed by atoms with Crippen LogP contribution in [0.25, 0.3) is 11.5 Å². The van der Waals surface area contributed by atoms with E-state index in [1.54, 1.807) is 12.3 Å². The summed E-state index contributed by atoms with van der Waals surface area (Å²) in [5.74, 6) is 2.94. The van der Waals surface area contributed by atoms with E-state index < -0.39 is 0 Å². The highest BCUT2D eigenvalue weighted by Gasteiger charge is 2.24. The number of carbonyl (C=O) groups is 1. The Kier molecular flexibility index (Phi) is 5.79. The number of furan rings is 1. The average molecular weight is 406 g/mol. The minimum absolute atomic E-state index is 0.0597. The largest absolute Gasteiger partial charge is 0.466 e. The van der Waals surface area contributed by atoms with E-state index in [1.165, 1.54) is 0 Å². The molecule has 1 fully saturated rings. The van der Waals surface area contributed by atoms with Gasteiger partial charge in [-0.15, -0.1) is 0 Å². The number of hydrogen-bond donors (Lipinski definition) is 1. The molecule has 1 aliphatic rings. The number of rotatable bonds is 5. The Morgan fingerprint density at radius 1 is 1.20 bits per heavy atom. The monoisotopic (exact) mass is 405 g/mol. The normalized spacial score (nSPS) is 14.7. The van der Waals surface area contributed by atoms with Gasteiger partial charge in [0, 0.05) is 37.1 Å². The number of amides is 1. The highest BCUT2D eigenvalue weighted by Crippen LogP contribution is 2.23. The van der Waals surface area contributed by atoms with Crippen LogP contribution < -0.4 is 10.2 Å². The number of anilines is 1. The van der Waals surface area contributed by atoms with E-state index in [2.05, 4.69) is 33.2 Å². The van der Waals surface area contributed by atoms with Crippen molar-refractivity contribution in [1.82, 2.24) is 20.3 Å². The van der Waals surface area contributed by atoms with E-state index in [-0.39, 0.29) is 11.9 Å². The molecule has 0 aliphatic carbocycles. The molecule has 1 aliphatic heterocycles. The molecule has 3 aromatic heterocycles. The molecule has 0 unspecified atom stereocenters. The maximum atomic E-state index is 12.6. The van der Waals surface area contributed by atoms with Crippen molar-refractivity contribution in [2.24, 2.45) is 0 Å². The van der Waals surface area contributed by atoms with Crippen molar-refractivity contribution >= 4 is 11.7 Å². The molecule has 1 amide bonds. The number of nitrogens with one attached hydrogen (secondary N) is 1. The Hall–Kier alpha value is -3.22. The van der Waals surface area contributed by atoms with Crippen LogP contribution in [0.5, 0.6) is 0 Å². The molecule has 0 spiro atoms. The second-order valence-electron chi connectivity index (χ2n) is 7.67. The van der Waals surface area contributed by atoms with Crippen LogP contribution in [0.15, 0.2) is 40.9 Å². The lowest BCUT2D eigenvalue weighted by atomic mass is 10.0. The molecule has 0 atom stereocenters. The summed E-state index contributed by atoms with van der Waals surface area (Å²) in [4.78, 5) is 28.7. The molecule has 4 rings (SSSR count). The molecule has 1 N–H and O–H groups in total. The van der Waals surface area contributed by atoms with Crippen LogP contribution in [0, 0.1) is 13.8 Å². The summed E-state index contributed by atoms with van der Waals surface area (Å²) in [6, 6.07) is 9.77. The lowest BCUT2D eigenvalue weighted by Crippen LogP contribution is -2.45. The van der Waals surface area contributed by atoms with Gasteiger partial charge in [0.2, 0.25) is 0 Å². The van der Waals surface area contributed by atoms with Gasteiger partial charge in [-0.3, -0.25) is 9.78 Å². The number of aryl methyl sites for hydroxylation is 3. The lowest BCUT2D eigenvalue weighted by molar-refractivity contribution is 0.0929. The number of carbonyl (C=O) groups excluding carboxylic acids is 1. The summed E-state index contributed by atoms with van der Waals surface area (Å²) in [5, 5.41) is 3.15. The predicted octanol–water partition coefficient (Wildman–Crippen LogP) is 3.71. The predicted molar refractivity (Wildman–Crippen MR) is 116 cm³/mol. The SMILES string of the molecule is CCc1cc(N2CCC(NC(=O)c3cc(C)oc3C)CC2)nc(-c2ccccn2)n1. The molecule has 0 aromatic carbocycles. The first-order valence-corrected chi connectivity index (χ1v) is 10.5. The van der Waals surface area contributed by atoms with Crippen LogP contribution in [-0.2, 0) is 6.42 Å². The highest BCUT2D eigenvalue weighted by atomic mass is 16.3. The van der Waals surface area contributed by atoms with Crippen LogP contribution in [0.1, 0.15) is 47.3 Å². The zero-order valence-corrected chi connectivity index (χ0v) is 17.7. The fraction of sp³-hybridized carbons (Fsp3) is 0.391. The smallest absolute Gasteiger partial charge is 0.255 e. The van der Waals surface area contributed by atoms with Gasteiger partial charge in [0.25, 0.3) is 5.91 Å². The van der Waals surface area contributed by atoms with Gasteiger partial charge in [-0.25, -0.2) is 9.97 Å². The molecule has 7 nitrogen and oxygen atoms in total. The third-order valence-corrected chi connectivity index (χ3v) is 5.46. The first-order valence-electron chi connectivity index (χ1n) is 10.5. The van der Waals surface area contributed by atoms with Crippen molar-refractivity contribution in [3.05, 3.63) is 59.3 Å². The Bertz CT molecular complexity index is 1020. The van der Waals surface area contributed by atoms with Gasteiger partial charge in [0.05, 0.1) is 5.56 Å². The second-order valence-corrected chi connectivity index (χ2v) is 7.67. The Morgan fingerprint density at radius 2 is 2.00 bits per heavy atom. The maximum Gasteiger partial charge on any atom is 0.255 e. The Morgan fingerprint density at radius 3 is 2.63 bits per heavy atom. The van der Waals surface area contributed by atoms with Crippen LogP contribution in [0.3, 0.4) is 0 Å². The molecule has 0 bridgehead atoms. The van der Waals surface area contributed by atoms with Crippen molar-refractivity contribution in [2.45, 2.75) is 46.1 Å². The topological polar surface area (TPSA) is 84.2 Å². The summed E-state index contributed by atoms with van der Waals surface area (Å²) < 4.78 is 5.48. The van der Waals surface area contributed by atoms with Gasteiger partial charge in [0.1, 0.15) is 23.0 Å². The molecular formula is C23H27N5O2. The standard InChI is InChI=1S/C23H27N5O2/c1-4-17-14-21(27-22(25-17)20-7-5-6-10-24-20)28-11-8-18(9-12-28)26-23(29)19-13-15(2)30-16(19)3/h5-7,10,13-14,18H,4,8-9,11-12H2,1-3H3,(H,26,29). The van der Waals surface area contributed by atoms with E-state index >= 15 is 0 Å². The number of piperidine rings is 1. The number of hydrogen-bond acceptors (Lipinski definition) is 6. The summed E-state index contributed by atoms with van der Waals surface area (Å²) in [7, 11) is 0. The molecule has 0 radical (unpaired) electrons. The van der Waals surface area contributed by atoms with Gasteiger partial charge < -0.3 is 14.6 Å². The fourth-order valence-corrected chi connectivity index (χ4v) is 3.81. The fourth-order valence-electron chi connectivity index (χ4n) is 3.81. The second kappa shape index (κ2) is 8.65. The Labute approximate surface area is 176 Å². The van der Waals surface area contributed by atoms with E-state index in [0.717, 1.165) is 55.3 Å². The van der Waals surface area contributed by atoms with Crippen LogP contribution in [-0.4, -0.2) is 40.0 Å². The van der Waals surface area contributed by atoms with Crippen LogP contribution in [0.4, 0.5) is 5.82 Å². The minimum atomic E-state index is -0.0597.